The minimum Gasteiger partial charge on any atom is -0.481 e. The molecule has 16 atom stereocenters. The van der Waals surface area contributed by atoms with E-state index in [4.69, 9.17) is 17.2 Å². The molecule has 6 rings (SSSR count). The summed E-state index contributed by atoms with van der Waals surface area (Å²) >= 11 is 8.48. The van der Waals surface area contributed by atoms with Gasteiger partial charge in [-0.15, -0.1) is 0 Å². The van der Waals surface area contributed by atoms with Crippen LogP contribution in [0.3, 0.4) is 0 Å². The van der Waals surface area contributed by atoms with Crippen molar-refractivity contribution < 1.29 is 111 Å². The van der Waals surface area contributed by atoms with Crippen molar-refractivity contribution in [2.75, 3.05) is 37.7 Å². The SMILES string of the molecule is CC(C)C[C@@H](NC(=O)[C@@H](CC(C)C)NC(=O)[C@@H](CCC(=O)O)NC(=O)[C@@H](CS)NC(=O)[C@@H](C)NC(=O)CNC(=O)[C@@H](CCCCN)NC(=O)[C@H](N)CCCCN)C(=O)NCC(=O)N[C@H](Cc1c[nH]c2ccccc12)C(=O)N[C@H](CCC(=O)O)C(=O)N[C@H](Cc1c[nH]c2ccccc12)C(=O)N[C@H](C)C(=O)N[C@H](Cc1c[nH]c2ccccc12)C(=O)N[C@H](CC(C)C)C(=O)N[C@H](CS)C(=O)N[C@H](C)C(=O)N[C@H](C)C(=O)O. The maximum Gasteiger partial charge on any atom is 0.325 e. The minimum atomic E-state index is -1.81. The summed E-state index contributed by atoms with van der Waals surface area (Å²) in [4.78, 5) is 285. The Morgan fingerprint density at radius 1 is 0.301 bits per heavy atom. The lowest BCUT2D eigenvalue weighted by molar-refractivity contribution is -0.141. The molecule has 3 heterocycles. The van der Waals surface area contributed by atoms with Crippen LogP contribution in [0, 0.1) is 17.8 Å². The third kappa shape index (κ3) is 39.2. The molecule has 0 saturated carbocycles. The number of aromatic nitrogens is 3. The first-order valence-corrected chi connectivity index (χ1v) is 48.8. The predicted octanol–water partition coefficient (Wildman–Crippen LogP) is -1.86. The average Bonchev–Trinajstić information content (AvgIpc) is 1.69. The molecule has 0 aliphatic carbocycles. The van der Waals surface area contributed by atoms with Gasteiger partial charge in [-0.25, -0.2) is 0 Å². The van der Waals surface area contributed by atoms with Gasteiger partial charge in [0.1, 0.15) is 90.6 Å². The van der Waals surface area contributed by atoms with Gasteiger partial charge in [0.2, 0.25) is 100 Å². The number of nitrogens with one attached hydrogen (secondary N) is 20. The molecule has 29 N–H and O–H groups in total. The van der Waals surface area contributed by atoms with E-state index in [0.717, 1.165) is 0 Å². The van der Waals surface area contributed by atoms with Crippen LogP contribution in [0.4, 0.5) is 0 Å². The molecule has 3 aromatic carbocycles. The average molecular weight is 2040 g/mol. The van der Waals surface area contributed by atoms with Crippen LogP contribution in [0.1, 0.15) is 169 Å². The van der Waals surface area contributed by atoms with Gasteiger partial charge < -0.3 is 138 Å². The molecule has 0 aliphatic rings. The van der Waals surface area contributed by atoms with Crippen molar-refractivity contribution >= 4 is 176 Å². The third-order valence-corrected chi connectivity index (χ3v) is 23.9. The molecule has 48 heteroatoms. The molecule has 0 aliphatic heterocycles. The van der Waals surface area contributed by atoms with Crippen molar-refractivity contribution in [3.63, 3.8) is 0 Å². The largest absolute Gasteiger partial charge is 0.481 e. The van der Waals surface area contributed by atoms with Crippen LogP contribution in [0.25, 0.3) is 32.7 Å². The molecule has 46 nitrogen and oxygen atoms in total. The van der Waals surface area contributed by atoms with E-state index in [0.29, 0.717) is 94.6 Å². The van der Waals surface area contributed by atoms with Crippen LogP contribution < -0.4 is 108 Å². The monoisotopic (exact) mass is 2030 g/mol. The number of H-pyrrole nitrogens is 3. The number of aromatic amines is 3. The fourth-order valence-electron chi connectivity index (χ4n) is 15.3. The number of para-hydroxylation sites is 3. The van der Waals surface area contributed by atoms with Crippen molar-refractivity contribution in [3.05, 3.63) is 108 Å². The highest BCUT2D eigenvalue weighted by Gasteiger charge is 2.39. The molecule has 143 heavy (non-hydrogen) atoms. The van der Waals surface area contributed by atoms with E-state index in [2.05, 4.69) is 131 Å². The number of amides is 17. The summed E-state index contributed by atoms with van der Waals surface area (Å²) in [6, 6.07) is -2.20. The highest BCUT2D eigenvalue weighted by atomic mass is 32.1. The molecule has 784 valence electrons. The molecule has 0 fully saturated rings. The van der Waals surface area contributed by atoms with E-state index in [9.17, 15) is 96.8 Å². The number of carboxylic acid groups (broad SMARTS) is 3. The van der Waals surface area contributed by atoms with E-state index in [1.807, 2.05) is 0 Å². The van der Waals surface area contributed by atoms with Crippen LogP contribution in [-0.2, 0) is 115 Å². The summed E-state index contributed by atoms with van der Waals surface area (Å²) in [5.41, 5.74) is 20.6. The molecular weight excluding hydrogens is 1900 g/mol. The van der Waals surface area contributed by atoms with Gasteiger partial charge in [0.05, 0.1) is 19.1 Å². The first-order valence-electron chi connectivity index (χ1n) is 47.5. The molecule has 3 aromatic heterocycles. The van der Waals surface area contributed by atoms with E-state index < -0.39 is 260 Å². The summed E-state index contributed by atoms with van der Waals surface area (Å²) in [5.74, 6) is -21.6. The summed E-state index contributed by atoms with van der Waals surface area (Å²) in [5, 5.41) is 74.1. The van der Waals surface area contributed by atoms with Crippen LogP contribution in [0.2, 0.25) is 0 Å². The second kappa shape index (κ2) is 59.2. The van der Waals surface area contributed by atoms with Crippen molar-refractivity contribution in [2.45, 2.75) is 269 Å². The Morgan fingerprint density at radius 3 is 0.958 bits per heavy atom. The number of carbonyl (C=O) groups excluding carboxylic acids is 17. The summed E-state index contributed by atoms with van der Waals surface area (Å²) in [6.07, 6.45) is 3.69. The minimum absolute atomic E-state index is 0.0186. The first kappa shape index (κ1) is 118. The van der Waals surface area contributed by atoms with Gasteiger partial charge in [0, 0.05) is 94.9 Å². The van der Waals surface area contributed by atoms with E-state index >= 15 is 14.4 Å². The second-order valence-corrected chi connectivity index (χ2v) is 37.2. The second-order valence-electron chi connectivity index (χ2n) is 36.5. The Hall–Kier alpha value is -13.7. The number of unbranched alkanes of at least 4 members (excludes halogenated alkanes) is 2. The summed E-state index contributed by atoms with van der Waals surface area (Å²) < 4.78 is 0. The number of fused-ring (bicyclic) bond motifs is 3. The smallest absolute Gasteiger partial charge is 0.325 e. The van der Waals surface area contributed by atoms with Crippen LogP contribution in [0.15, 0.2) is 91.4 Å². The fraction of sp³-hybridized carbons (Fsp3) is 0.537. The van der Waals surface area contributed by atoms with Gasteiger partial charge in [-0.3, -0.25) is 95.9 Å². The number of aliphatic carboxylic acids is 3. The highest BCUT2D eigenvalue weighted by Crippen LogP contribution is 2.24. The zero-order valence-electron chi connectivity index (χ0n) is 81.8. The quantitative estimate of drug-likeness (QED) is 0.0147. The Balaban J connectivity index is 1.19. The zero-order valence-corrected chi connectivity index (χ0v) is 83.6. The van der Waals surface area contributed by atoms with Gasteiger partial charge in [-0.1, -0.05) is 103 Å². The van der Waals surface area contributed by atoms with Crippen molar-refractivity contribution in [3.8, 4) is 0 Å². The number of carbonyl (C=O) groups is 20. The van der Waals surface area contributed by atoms with Gasteiger partial charge in [-0.05, 0) is 158 Å². The lowest BCUT2D eigenvalue weighted by Gasteiger charge is -2.28. The number of nitrogens with two attached hydrogens (primary N) is 3. The lowest BCUT2D eigenvalue weighted by Crippen LogP contribution is -2.61. The van der Waals surface area contributed by atoms with Crippen LogP contribution >= 0.6 is 25.3 Å². The van der Waals surface area contributed by atoms with Crippen molar-refractivity contribution in [1.82, 2.24) is 105 Å². The Labute approximate surface area is 837 Å². The third-order valence-electron chi connectivity index (χ3n) is 23.2. The molecule has 0 bridgehead atoms. The number of benzene rings is 3. The molecule has 0 unspecified atom stereocenters. The van der Waals surface area contributed by atoms with Gasteiger partial charge in [-0.2, -0.15) is 25.3 Å². The standard InChI is InChI=1S/C95H139N23O23S2/c1-48(2)35-68(113-89(134)69(36-49(3)4)114-86(131)67(30-32-79(123)124)111-94(139)75(47-143)117-81(126)51(7)104-76(119)44-102-84(129)65(28-18-20-34-97)109-83(128)61(98)24-17-19-33-96)85(130)103-45-77(120)108-71(38-55-41-99-62-25-14-11-21-58(55)62)91(136)110-66(29-31-78(121)122)87(132)116-72(39-56-42-100-63-26-15-12-22-59(56)63)88(133)105-53(9)82(127)112-73(40-57-43-101-64-27-16-13-23-60(57)64)92(137)115-70(37-50(5)6)90(135)118-74(46-142)93(138)106-52(8)80(125)107-54(10)95(140)141/h11-16,21-23,25-27,41-43,48-54,61,65-75,99-101,142-143H,17-20,24,28-40,44-47,96-98H2,1-10H3,(H,102,129)(H,103,130)(H,104,119)(H,105,133)(H,106,138)(H,107,125)(H,108,120)(H,109,128)(H,110,136)(H,111,139)(H,112,127)(H,113,134)(H,114,131)(H,115,137)(H,116,132)(H,117,126)(H,118,135)(H,121,122)(H,123,124)(H,140,141)/t51-,52-,53-,54-,61-,65-,66-,67-,68-,69-,70-,71-,72-,73-,74-,75-/m1/s1. The molecular formula is C95H139N23O23S2. The Morgan fingerprint density at radius 2 is 0.573 bits per heavy atom. The topological polar surface area (TPSA) is 732 Å². The van der Waals surface area contributed by atoms with E-state index in [-0.39, 0.29) is 68.5 Å². The number of carboxylic acids is 3. The number of thiol groups is 2. The van der Waals surface area contributed by atoms with Gasteiger partial charge >= 0.3 is 17.9 Å². The first-order chi connectivity index (χ1) is 67.7. The maximum absolute atomic E-state index is 15.1. The molecule has 0 saturated heterocycles. The Bertz CT molecular complexity index is 5420. The lowest BCUT2D eigenvalue weighted by atomic mass is 9.99. The van der Waals surface area contributed by atoms with Crippen LogP contribution in [0.5, 0.6) is 0 Å². The van der Waals surface area contributed by atoms with E-state index in [1.54, 1.807) is 133 Å². The zero-order chi connectivity index (χ0) is 106. The predicted molar refractivity (Wildman–Crippen MR) is 535 cm³/mol. The van der Waals surface area contributed by atoms with Gasteiger partial charge in [0.15, 0.2) is 0 Å². The van der Waals surface area contributed by atoms with Crippen molar-refractivity contribution in [2.24, 2.45) is 35.0 Å². The Kier molecular flexibility index (Phi) is 48.9. The fourth-order valence-corrected chi connectivity index (χ4v) is 15.8. The molecule has 6 aromatic rings. The molecule has 17 amide bonds. The molecule has 0 radical (unpaired) electrons. The summed E-state index contributed by atoms with van der Waals surface area (Å²) in [6.45, 7) is 14.6. The van der Waals surface area contributed by atoms with Crippen molar-refractivity contribution in [1.29, 1.82) is 0 Å². The number of hydrogen-bond acceptors (Lipinski definition) is 25. The highest BCUT2D eigenvalue weighted by molar-refractivity contribution is 7.80. The van der Waals surface area contributed by atoms with Crippen LogP contribution in [-0.4, -0.2) is 283 Å². The number of hydrogen-bond donors (Lipinski definition) is 28. The summed E-state index contributed by atoms with van der Waals surface area (Å²) in [7, 11) is 0. The normalized spacial score (nSPS) is 14.7. The molecule has 0 spiro atoms. The van der Waals surface area contributed by atoms with E-state index in [1.165, 1.54) is 27.7 Å². The maximum atomic E-state index is 15.1. The number of rotatable bonds is 63. The van der Waals surface area contributed by atoms with Gasteiger partial charge in [0.25, 0.3) is 0 Å².